The maximum atomic E-state index is 13.2. The van der Waals surface area contributed by atoms with E-state index in [4.69, 9.17) is 4.74 Å². The Morgan fingerprint density at radius 1 is 1.11 bits per heavy atom. The Balaban J connectivity index is 1.51. The van der Waals surface area contributed by atoms with E-state index in [2.05, 4.69) is 20.6 Å². The van der Waals surface area contributed by atoms with Crippen molar-refractivity contribution in [1.82, 2.24) is 19.7 Å². The summed E-state index contributed by atoms with van der Waals surface area (Å²) in [7, 11) is 0. The second-order valence-corrected chi connectivity index (χ2v) is 7.84. The zero-order valence-corrected chi connectivity index (χ0v) is 15.9. The molecule has 7 nitrogen and oxygen atoms in total. The van der Waals surface area contributed by atoms with Crippen molar-refractivity contribution < 1.29 is 9.53 Å². The van der Waals surface area contributed by atoms with Gasteiger partial charge in [-0.3, -0.25) is 4.79 Å². The van der Waals surface area contributed by atoms with Crippen LogP contribution in [0.3, 0.4) is 0 Å². The molecular weight excluding hydrogens is 354 g/mol. The zero-order chi connectivity index (χ0) is 18.9. The van der Waals surface area contributed by atoms with E-state index < -0.39 is 0 Å². The fraction of sp³-hybridized carbons (Fsp3) is 0.476. The van der Waals surface area contributed by atoms with Gasteiger partial charge in [-0.25, -0.2) is 9.97 Å². The third-order valence-electron chi connectivity index (χ3n) is 5.80. The normalized spacial score (nSPS) is 17.9. The monoisotopic (exact) mass is 379 g/mol. The third-order valence-corrected chi connectivity index (χ3v) is 5.80. The van der Waals surface area contributed by atoms with Crippen molar-refractivity contribution in [1.29, 1.82) is 0 Å². The Kier molecular flexibility index (Phi) is 4.60. The second kappa shape index (κ2) is 7.39. The fourth-order valence-electron chi connectivity index (χ4n) is 3.95. The first-order chi connectivity index (χ1) is 13.8. The van der Waals surface area contributed by atoms with Gasteiger partial charge in [-0.15, -0.1) is 0 Å². The predicted octanol–water partition coefficient (Wildman–Crippen LogP) is 2.86. The number of carbonyl (C=O) groups excluding carboxylic acids is 1. The molecule has 5 rings (SSSR count). The van der Waals surface area contributed by atoms with E-state index >= 15 is 0 Å². The number of pyridine rings is 1. The average Bonchev–Trinajstić information content (AvgIpc) is 3.51. The number of nitrogens with zero attached hydrogens (tertiary/aromatic N) is 3. The van der Waals surface area contributed by atoms with Crippen molar-refractivity contribution >= 4 is 28.3 Å². The summed E-state index contributed by atoms with van der Waals surface area (Å²) in [5, 5.41) is 7.41. The molecule has 0 aromatic carbocycles. The number of ether oxygens (including phenoxy) is 1. The summed E-state index contributed by atoms with van der Waals surface area (Å²) in [4.78, 5) is 22.2. The molecule has 1 aliphatic carbocycles. The molecule has 146 valence electrons. The zero-order valence-electron chi connectivity index (χ0n) is 15.9. The summed E-state index contributed by atoms with van der Waals surface area (Å²) in [5.41, 5.74) is 2.28. The Bertz CT molecular complexity index is 1000. The molecule has 0 atom stereocenters. The third kappa shape index (κ3) is 3.30. The second-order valence-electron chi connectivity index (χ2n) is 7.84. The molecule has 0 spiro atoms. The van der Waals surface area contributed by atoms with Crippen molar-refractivity contribution in [2.24, 2.45) is 11.8 Å². The minimum atomic E-state index is -0.0607. The van der Waals surface area contributed by atoms with Crippen LogP contribution in [0.5, 0.6) is 0 Å². The van der Waals surface area contributed by atoms with Crippen molar-refractivity contribution in [3.05, 3.63) is 36.3 Å². The van der Waals surface area contributed by atoms with E-state index in [0.717, 1.165) is 55.0 Å². The lowest BCUT2D eigenvalue weighted by Gasteiger charge is -2.22. The number of amides is 1. The highest BCUT2D eigenvalue weighted by atomic mass is 16.5. The Hall–Kier alpha value is -2.67. The van der Waals surface area contributed by atoms with Gasteiger partial charge in [-0.1, -0.05) is 6.07 Å². The van der Waals surface area contributed by atoms with Crippen molar-refractivity contribution in [2.45, 2.75) is 25.7 Å². The van der Waals surface area contributed by atoms with E-state index in [1.165, 1.54) is 12.8 Å². The summed E-state index contributed by atoms with van der Waals surface area (Å²) < 4.78 is 7.40. The Morgan fingerprint density at radius 3 is 2.75 bits per heavy atom. The summed E-state index contributed by atoms with van der Waals surface area (Å²) in [6.45, 7) is 3.12. The number of hydrogen-bond acceptors (Lipinski definition) is 5. The molecular formula is C21H25N5O2. The molecule has 1 saturated heterocycles. The standard InChI is InChI=1S/C21H25N5O2/c27-21(23-12-15-6-9-28-10-7-15)17-16-3-1-2-8-26(16)20-18(17)19(24-13-25-20)22-11-14-4-5-14/h1-3,8,13-15H,4-7,9-12H2,(H,23,27)(H,22,24,25). The molecule has 1 aliphatic heterocycles. The number of carbonyl (C=O) groups is 1. The van der Waals surface area contributed by atoms with Crippen LogP contribution in [0.25, 0.3) is 16.6 Å². The van der Waals surface area contributed by atoms with Gasteiger partial charge in [0.15, 0.2) is 5.65 Å². The molecule has 2 aliphatic rings. The highest BCUT2D eigenvalue weighted by Crippen LogP contribution is 2.32. The van der Waals surface area contributed by atoms with Crippen LogP contribution in [0.4, 0.5) is 5.82 Å². The van der Waals surface area contributed by atoms with E-state index in [0.29, 0.717) is 23.9 Å². The lowest BCUT2D eigenvalue weighted by molar-refractivity contribution is 0.0643. The highest BCUT2D eigenvalue weighted by Gasteiger charge is 2.25. The molecule has 2 fully saturated rings. The van der Waals surface area contributed by atoms with Gasteiger partial charge in [0.1, 0.15) is 12.1 Å². The molecule has 3 aromatic rings. The van der Waals surface area contributed by atoms with Gasteiger partial charge in [0.25, 0.3) is 5.91 Å². The van der Waals surface area contributed by atoms with Crippen LogP contribution in [-0.2, 0) is 4.74 Å². The topological polar surface area (TPSA) is 80.5 Å². The van der Waals surface area contributed by atoms with Gasteiger partial charge in [0.2, 0.25) is 0 Å². The molecule has 3 aromatic heterocycles. The Morgan fingerprint density at radius 2 is 1.93 bits per heavy atom. The average molecular weight is 379 g/mol. The van der Waals surface area contributed by atoms with Gasteiger partial charge < -0.3 is 19.8 Å². The first-order valence-electron chi connectivity index (χ1n) is 10.1. The van der Waals surface area contributed by atoms with Gasteiger partial charge in [-0.2, -0.15) is 0 Å². The molecule has 0 radical (unpaired) electrons. The smallest absolute Gasteiger partial charge is 0.254 e. The summed E-state index contributed by atoms with van der Waals surface area (Å²) in [6.07, 6.45) is 8.03. The number of nitrogens with one attached hydrogen (secondary N) is 2. The van der Waals surface area contributed by atoms with Crippen LogP contribution >= 0.6 is 0 Å². The SMILES string of the molecule is O=C(NCC1CCOCC1)c1c2c(NCC3CC3)ncnc2n2ccccc12. The number of anilines is 1. The van der Waals surface area contributed by atoms with Crippen LogP contribution in [-0.4, -0.2) is 46.6 Å². The maximum absolute atomic E-state index is 13.2. The van der Waals surface area contributed by atoms with E-state index in [9.17, 15) is 4.79 Å². The summed E-state index contributed by atoms with van der Waals surface area (Å²) in [5.74, 6) is 1.88. The molecule has 28 heavy (non-hydrogen) atoms. The molecule has 1 saturated carbocycles. The minimum absolute atomic E-state index is 0.0607. The Labute approximate surface area is 163 Å². The van der Waals surface area contributed by atoms with E-state index in [-0.39, 0.29) is 5.91 Å². The van der Waals surface area contributed by atoms with Gasteiger partial charge >= 0.3 is 0 Å². The van der Waals surface area contributed by atoms with Crippen molar-refractivity contribution in [2.75, 3.05) is 31.6 Å². The van der Waals surface area contributed by atoms with Gasteiger partial charge in [0.05, 0.1) is 16.5 Å². The van der Waals surface area contributed by atoms with Gasteiger partial charge in [-0.05, 0) is 49.7 Å². The van der Waals surface area contributed by atoms with E-state index in [1.54, 1.807) is 6.33 Å². The van der Waals surface area contributed by atoms with Crippen molar-refractivity contribution in [3.63, 3.8) is 0 Å². The van der Waals surface area contributed by atoms with Crippen LogP contribution in [0.1, 0.15) is 36.0 Å². The highest BCUT2D eigenvalue weighted by molar-refractivity contribution is 6.16. The molecule has 4 heterocycles. The molecule has 7 heteroatoms. The van der Waals surface area contributed by atoms with Crippen LogP contribution in [0.15, 0.2) is 30.7 Å². The number of fused-ring (bicyclic) bond motifs is 3. The number of aromatic nitrogens is 3. The van der Waals surface area contributed by atoms with Gasteiger partial charge in [0, 0.05) is 32.5 Å². The molecule has 0 unspecified atom stereocenters. The molecule has 0 bridgehead atoms. The number of rotatable bonds is 6. The van der Waals surface area contributed by atoms with E-state index in [1.807, 2.05) is 28.8 Å². The van der Waals surface area contributed by atoms with Crippen LogP contribution in [0.2, 0.25) is 0 Å². The largest absolute Gasteiger partial charge is 0.381 e. The van der Waals surface area contributed by atoms with Crippen LogP contribution in [0, 0.1) is 11.8 Å². The quantitative estimate of drug-likeness (QED) is 0.688. The summed E-state index contributed by atoms with van der Waals surface area (Å²) >= 11 is 0. The fourth-order valence-corrected chi connectivity index (χ4v) is 3.95. The minimum Gasteiger partial charge on any atom is -0.381 e. The first kappa shape index (κ1) is 17.4. The first-order valence-corrected chi connectivity index (χ1v) is 10.1. The molecule has 1 amide bonds. The summed E-state index contributed by atoms with van der Waals surface area (Å²) in [6, 6.07) is 5.87. The lowest BCUT2D eigenvalue weighted by atomic mass is 10.0. The van der Waals surface area contributed by atoms with Crippen molar-refractivity contribution in [3.8, 4) is 0 Å². The number of hydrogen-bond donors (Lipinski definition) is 2. The van der Waals surface area contributed by atoms with Crippen LogP contribution < -0.4 is 10.6 Å². The predicted molar refractivity (Wildman–Crippen MR) is 108 cm³/mol. The maximum Gasteiger partial charge on any atom is 0.254 e. The lowest BCUT2D eigenvalue weighted by Crippen LogP contribution is -2.32. The molecule has 2 N–H and O–H groups in total.